The summed E-state index contributed by atoms with van der Waals surface area (Å²) in [4.78, 5) is 6.87. The zero-order chi connectivity index (χ0) is 19.8. The molecule has 2 aliphatic heterocycles. The molecule has 2 saturated heterocycles. The first-order chi connectivity index (χ1) is 13.6. The van der Waals surface area contributed by atoms with Crippen LogP contribution in [0.1, 0.15) is 31.2 Å². The van der Waals surface area contributed by atoms with Gasteiger partial charge in [-0.25, -0.2) is 4.39 Å². The van der Waals surface area contributed by atoms with Crippen LogP contribution in [0.2, 0.25) is 0 Å². The lowest BCUT2D eigenvalue weighted by Gasteiger charge is -2.37. The fourth-order valence-corrected chi connectivity index (χ4v) is 4.70. The van der Waals surface area contributed by atoms with E-state index in [-0.39, 0.29) is 10.6 Å². The first-order valence-electron chi connectivity index (χ1n) is 10.2. The monoisotopic (exact) mass is 408 g/mol. The molecule has 5 nitrogen and oxygen atoms in total. The van der Waals surface area contributed by atoms with E-state index in [1.54, 1.807) is 12.1 Å². The van der Waals surface area contributed by atoms with Crippen molar-refractivity contribution in [2.75, 3.05) is 46.2 Å². The van der Waals surface area contributed by atoms with Crippen LogP contribution in [0, 0.1) is 5.82 Å². The van der Waals surface area contributed by atoms with Crippen LogP contribution in [0.15, 0.2) is 29.3 Å². The van der Waals surface area contributed by atoms with Crippen molar-refractivity contribution in [3.8, 4) is 0 Å². The Kier molecular flexibility index (Phi) is 8.00. The van der Waals surface area contributed by atoms with Crippen LogP contribution in [-0.2, 0) is 11.3 Å². The molecule has 2 aliphatic rings. The molecule has 2 heterocycles. The van der Waals surface area contributed by atoms with Crippen molar-refractivity contribution in [1.82, 2.24) is 15.5 Å². The first-order valence-corrected chi connectivity index (χ1v) is 11.4. The van der Waals surface area contributed by atoms with E-state index in [2.05, 4.69) is 26.8 Å². The molecule has 28 heavy (non-hydrogen) atoms. The quantitative estimate of drug-likeness (QED) is 0.560. The molecular formula is C21H33FN4OS. The third kappa shape index (κ3) is 6.09. The Morgan fingerprint density at radius 1 is 1.25 bits per heavy atom. The fourth-order valence-electron chi connectivity index (χ4n) is 3.91. The van der Waals surface area contributed by atoms with Gasteiger partial charge in [0.25, 0.3) is 0 Å². The minimum Gasteiger partial charge on any atom is -0.381 e. The highest BCUT2D eigenvalue weighted by Gasteiger charge is 2.32. The molecule has 0 bridgehead atoms. The van der Waals surface area contributed by atoms with Gasteiger partial charge >= 0.3 is 0 Å². The molecule has 2 fully saturated rings. The summed E-state index contributed by atoms with van der Waals surface area (Å²) in [5.41, 5.74) is 1.17. The average molecular weight is 409 g/mol. The summed E-state index contributed by atoms with van der Waals surface area (Å²) in [5.74, 6) is 0.728. The number of hydrogen-bond acceptors (Lipinski definition) is 4. The summed E-state index contributed by atoms with van der Waals surface area (Å²) in [6.07, 6.45) is 6.53. The molecule has 0 aliphatic carbocycles. The van der Waals surface area contributed by atoms with Crippen LogP contribution < -0.4 is 10.6 Å². The van der Waals surface area contributed by atoms with E-state index < -0.39 is 0 Å². The lowest BCUT2D eigenvalue weighted by Crippen LogP contribution is -2.52. The number of rotatable bonds is 6. The van der Waals surface area contributed by atoms with Gasteiger partial charge in [0.1, 0.15) is 5.82 Å². The molecule has 0 atom stereocenters. The standard InChI is InChI=1S/C21H33FN4OS/c1-23-20(24-16-21(28-2)9-13-27-14-10-21)25-19-7-11-26(12-8-19)15-17-3-5-18(22)6-4-17/h3-6,19H,7-16H2,1-2H3,(H2,23,24,25). The van der Waals surface area contributed by atoms with Crippen molar-refractivity contribution < 1.29 is 9.13 Å². The molecule has 0 radical (unpaired) electrons. The minimum absolute atomic E-state index is 0.172. The van der Waals surface area contributed by atoms with Crippen molar-refractivity contribution in [3.63, 3.8) is 0 Å². The van der Waals surface area contributed by atoms with Crippen molar-refractivity contribution >= 4 is 17.7 Å². The second-order valence-electron chi connectivity index (χ2n) is 7.75. The number of guanidine groups is 1. The molecule has 0 spiro atoms. The lowest BCUT2D eigenvalue weighted by atomic mass is 9.99. The molecule has 0 unspecified atom stereocenters. The summed E-state index contributed by atoms with van der Waals surface area (Å²) in [5, 5.41) is 7.15. The Balaban J connectivity index is 1.41. The number of aliphatic imine (C=N–C) groups is 1. The van der Waals surface area contributed by atoms with E-state index in [1.807, 2.05) is 30.9 Å². The van der Waals surface area contributed by atoms with Gasteiger partial charge in [-0.15, -0.1) is 0 Å². The van der Waals surface area contributed by atoms with E-state index in [0.29, 0.717) is 6.04 Å². The molecular weight excluding hydrogens is 375 g/mol. The summed E-state index contributed by atoms with van der Waals surface area (Å²) >= 11 is 1.94. The topological polar surface area (TPSA) is 48.9 Å². The lowest BCUT2D eigenvalue weighted by molar-refractivity contribution is 0.0782. The highest BCUT2D eigenvalue weighted by molar-refractivity contribution is 8.00. The SMILES string of the molecule is CN=C(NCC1(SC)CCOCC1)NC1CCN(Cc2ccc(F)cc2)CC1. The number of likely N-dealkylation sites (tertiary alicyclic amines) is 1. The van der Waals surface area contributed by atoms with E-state index in [1.165, 1.54) is 5.56 Å². The third-order valence-electron chi connectivity index (χ3n) is 5.89. The first kappa shape index (κ1) is 21.4. The number of nitrogens with zero attached hydrogens (tertiary/aromatic N) is 2. The number of thioether (sulfide) groups is 1. The summed E-state index contributed by atoms with van der Waals surface area (Å²) in [6.45, 7) is 5.58. The van der Waals surface area contributed by atoms with E-state index in [9.17, 15) is 4.39 Å². The number of benzene rings is 1. The molecule has 1 aromatic rings. The van der Waals surface area contributed by atoms with Crippen molar-refractivity contribution in [3.05, 3.63) is 35.6 Å². The van der Waals surface area contributed by atoms with Crippen LogP contribution in [0.4, 0.5) is 4.39 Å². The normalized spacial score (nSPS) is 21.5. The van der Waals surface area contributed by atoms with Gasteiger partial charge in [0, 0.05) is 57.2 Å². The van der Waals surface area contributed by atoms with Gasteiger partial charge in [0.2, 0.25) is 0 Å². The van der Waals surface area contributed by atoms with Crippen molar-refractivity contribution in [1.29, 1.82) is 0 Å². The third-order valence-corrected chi connectivity index (χ3v) is 7.31. The van der Waals surface area contributed by atoms with Crippen LogP contribution >= 0.6 is 11.8 Å². The number of piperidine rings is 1. The maximum Gasteiger partial charge on any atom is 0.191 e. The summed E-state index contributed by atoms with van der Waals surface area (Å²) < 4.78 is 18.8. The van der Waals surface area contributed by atoms with Gasteiger partial charge in [-0.2, -0.15) is 11.8 Å². The molecule has 1 aromatic carbocycles. The molecule has 0 aromatic heterocycles. The Bertz CT molecular complexity index is 626. The number of nitrogens with one attached hydrogen (secondary N) is 2. The van der Waals surface area contributed by atoms with Gasteiger partial charge < -0.3 is 15.4 Å². The van der Waals surface area contributed by atoms with Gasteiger partial charge in [-0.05, 0) is 49.6 Å². The van der Waals surface area contributed by atoms with E-state index >= 15 is 0 Å². The van der Waals surface area contributed by atoms with Gasteiger partial charge in [-0.3, -0.25) is 9.89 Å². The summed E-state index contributed by atoms with van der Waals surface area (Å²) in [7, 11) is 1.84. The largest absolute Gasteiger partial charge is 0.381 e. The predicted molar refractivity (Wildman–Crippen MR) is 115 cm³/mol. The Hall–Kier alpha value is -1.31. The maximum atomic E-state index is 13.1. The Labute approximate surface area is 172 Å². The summed E-state index contributed by atoms with van der Waals surface area (Å²) in [6, 6.07) is 7.28. The van der Waals surface area contributed by atoms with Crippen molar-refractivity contribution in [2.45, 2.75) is 43.0 Å². The molecule has 3 rings (SSSR count). The van der Waals surface area contributed by atoms with Crippen molar-refractivity contribution in [2.24, 2.45) is 4.99 Å². The zero-order valence-electron chi connectivity index (χ0n) is 17.0. The van der Waals surface area contributed by atoms with Crippen LogP contribution in [-0.4, -0.2) is 67.8 Å². The average Bonchev–Trinajstić information content (AvgIpc) is 2.74. The minimum atomic E-state index is -0.172. The van der Waals surface area contributed by atoms with Crippen LogP contribution in [0.25, 0.3) is 0 Å². The molecule has 0 saturated carbocycles. The molecule has 0 amide bonds. The second-order valence-corrected chi connectivity index (χ2v) is 9.02. The Morgan fingerprint density at radius 2 is 1.93 bits per heavy atom. The molecule has 7 heteroatoms. The molecule has 156 valence electrons. The maximum absolute atomic E-state index is 13.1. The molecule has 2 N–H and O–H groups in total. The highest BCUT2D eigenvalue weighted by Crippen LogP contribution is 2.32. The second kappa shape index (κ2) is 10.5. The number of ether oxygens (including phenoxy) is 1. The fraction of sp³-hybridized carbons (Fsp3) is 0.667. The number of hydrogen-bond donors (Lipinski definition) is 2. The van der Waals surface area contributed by atoms with Crippen LogP contribution in [0.5, 0.6) is 0 Å². The van der Waals surface area contributed by atoms with Gasteiger partial charge in [0.05, 0.1) is 0 Å². The van der Waals surface area contributed by atoms with E-state index in [4.69, 9.17) is 4.74 Å². The van der Waals surface area contributed by atoms with Gasteiger partial charge in [-0.1, -0.05) is 12.1 Å². The zero-order valence-corrected chi connectivity index (χ0v) is 17.9. The smallest absolute Gasteiger partial charge is 0.191 e. The van der Waals surface area contributed by atoms with Gasteiger partial charge in [0.15, 0.2) is 5.96 Å². The van der Waals surface area contributed by atoms with Crippen LogP contribution in [0.3, 0.4) is 0 Å². The number of halogens is 1. The highest BCUT2D eigenvalue weighted by atomic mass is 32.2. The predicted octanol–water partition coefficient (Wildman–Crippen LogP) is 2.87. The van der Waals surface area contributed by atoms with E-state index in [0.717, 1.165) is 71.0 Å². The Morgan fingerprint density at radius 3 is 2.54 bits per heavy atom.